The highest BCUT2D eigenvalue weighted by atomic mass is 14.6. The van der Waals surface area contributed by atoms with Crippen LogP contribution in [0.15, 0.2) is 0 Å². The van der Waals surface area contributed by atoms with E-state index < -0.39 is 0 Å². The summed E-state index contributed by atoms with van der Waals surface area (Å²) in [6, 6.07) is 0. The first kappa shape index (κ1) is 36.0. The molecule has 2 aliphatic carbocycles. The highest BCUT2D eigenvalue weighted by molar-refractivity contribution is 5.07. The maximum atomic E-state index is 2.38. The van der Waals surface area contributed by atoms with E-state index in [1.807, 2.05) is 0 Å². The molecule has 0 saturated heterocycles. The van der Waals surface area contributed by atoms with E-state index in [4.69, 9.17) is 0 Å². The maximum Gasteiger partial charge on any atom is -0.0238 e. The maximum absolute atomic E-state index is 2.38. The monoisotopic (exact) mass is 507 g/mol. The van der Waals surface area contributed by atoms with Crippen molar-refractivity contribution in [1.82, 2.24) is 0 Å². The Hall–Kier alpha value is 0. The summed E-state index contributed by atoms with van der Waals surface area (Å²) in [5.41, 5.74) is 0.776. The molecule has 0 spiro atoms. The molecule has 0 aliphatic heterocycles. The minimum Gasteiger partial charge on any atom is -0.0654 e. The first-order valence-electron chi connectivity index (χ1n) is 17.4. The van der Waals surface area contributed by atoms with Crippen molar-refractivity contribution in [3.05, 3.63) is 0 Å². The Morgan fingerprint density at radius 3 is 0.944 bits per heavy atom. The molecular formula is C36H74. The zero-order chi connectivity index (χ0) is 27.7. The first-order chi connectivity index (χ1) is 17.4. The molecule has 0 heterocycles. The van der Waals surface area contributed by atoms with Crippen LogP contribution in [0.1, 0.15) is 179 Å². The topological polar surface area (TPSA) is 0 Å². The van der Waals surface area contributed by atoms with Crippen LogP contribution in [0.25, 0.3) is 0 Å². The van der Waals surface area contributed by atoms with Gasteiger partial charge in [-0.2, -0.15) is 0 Å². The van der Waals surface area contributed by atoms with Gasteiger partial charge in [0.05, 0.1) is 0 Å². The van der Waals surface area contributed by atoms with Crippen LogP contribution in [0.3, 0.4) is 0 Å². The van der Waals surface area contributed by atoms with E-state index in [9.17, 15) is 0 Å². The molecule has 0 aromatic carbocycles. The molecule has 0 bridgehead atoms. The van der Waals surface area contributed by atoms with Crippen LogP contribution in [-0.4, -0.2) is 0 Å². The molecule has 0 amide bonds. The summed E-state index contributed by atoms with van der Waals surface area (Å²) in [6.45, 7) is 28.2. The van der Waals surface area contributed by atoms with E-state index in [1.54, 1.807) is 0 Å². The standard InChI is InChI=1S/2C12H24.C12H26/c1-5-9-12(8-4)10(6-2)11(12)7-3;1-5-9-10(6-2)12(8-4)11(9)7-3;1-5-9-11(7-3)12(8-4)10-6-2/h10-11H,5-9H2,1-4H3;9-12H,5-8H2,1-4H3;11-12H,5-10H2,1-4H3. The minimum atomic E-state index is 0.776. The van der Waals surface area contributed by atoms with Gasteiger partial charge in [-0.25, -0.2) is 0 Å². The highest BCUT2D eigenvalue weighted by Gasteiger charge is 2.59. The van der Waals surface area contributed by atoms with Gasteiger partial charge < -0.3 is 0 Å². The summed E-state index contributed by atoms with van der Waals surface area (Å²) in [6.07, 6.45) is 21.1. The van der Waals surface area contributed by atoms with Crippen LogP contribution in [0.5, 0.6) is 0 Å². The highest BCUT2D eigenvalue weighted by Crippen LogP contribution is 2.66. The summed E-state index contributed by atoms with van der Waals surface area (Å²) in [5, 5.41) is 0. The van der Waals surface area contributed by atoms with Crippen LogP contribution in [0.2, 0.25) is 0 Å². The van der Waals surface area contributed by atoms with E-state index in [0.29, 0.717) is 0 Å². The summed E-state index contributed by atoms with van der Waals surface area (Å²) < 4.78 is 0. The number of hydrogen-bond donors (Lipinski definition) is 0. The van der Waals surface area contributed by atoms with Crippen molar-refractivity contribution < 1.29 is 0 Å². The molecule has 36 heavy (non-hydrogen) atoms. The zero-order valence-electron chi connectivity index (χ0n) is 27.7. The lowest BCUT2D eigenvalue weighted by Crippen LogP contribution is -2.45. The average Bonchev–Trinajstić information content (AvgIpc) is 3.53. The quantitative estimate of drug-likeness (QED) is 0.195. The molecule has 0 aromatic rings. The Balaban J connectivity index is 0.000000510. The Morgan fingerprint density at radius 2 is 0.778 bits per heavy atom. The van der Waals surface area contributed by atoms with Crippen molar-refractivity contribution >= 4 is 0 Å². The molecule has 0 nitrogen and oxygen atoms in total. The molecule has 2 aliphatic rings. The first-order valence-corrected chi connectivity index (χ1v) is 17.4. The van der Waals surface area contributed by atoms with Gasteiger partial charge in [-0.15, -0.1) is 0 Å². The summed E-state index contributed by atoms with van der Waals surface area (Å²) in [7, 11) is 0. The summed E-state index contributed by atoms with van der Waals surface area (Å²) in [5.74, 6) is 8.37. The van der Waals surface area contributed by atoms with Gasteiger partial charge in [0.1, 0.15) is 0 Å². The van der Waals surface area contributed by atoms with Crippen LogP contribution in [0.4, 0.5) is 0 Å². The molecule has 0 radical (unpaired) electrons. The van der Waals surface area contributed by atoms with Crippen molar-refractivity contribution in [2.75, 3.05) is 0 Å². The normalized spacial score (nSPS) is 32.3. The lowest BCUT2D eigenvalue weighted by atomic mass is 9.53. The fraction of sp³-hybridized carbons (Fsp3) is 1.00. The Morgan fingerprint density at radius 1 is 0.444 bits per heavy atom. The average molecular weight is 507 g/mol. The van der Waals surface area contributed by atoms with Gasteiger partial charge in [-0.05, 0) is 65.6 Å². The van der Waals surface area contributed by atoms with Crippen LogP contribution in [-0.2, 0) is 0 Å². The Kier molecular flexibility index (Phi) is 20.0. The van der Waals surface area contributed by atoms with Gasteiger partial charge >= 0.3 is 0 Å². The van der Waals surface area contributed by atoms with Gasteiger partial charge in [-0.1, -0.05) is 167 Å². The molecule has 2 saturated carbocycles. The van der Waals surface area contributed by atoms with Crippen LogP contribution < -0.4 is 0 Å². The second-order valence-electron chi connectivity index (χ2n) is 12.6. The van der Waals surface area contributed by atoms with Crippen LogP contribution >= 0.6 is 0 Å². The minimum absolute atomic E-state index is 0.776. The summed E-state index contributed by atoms with van der Waals surface area (Å²) in [4.78, 5) is 0. The fourth-order valence-corrected chi connectivity index (χ4v) is 9.42. The van der Waals surface area contributed by atoms with Crippen molar-refractivity contribution in [3.8, 4) is 0 Å². The van der Waals surface area contributed by atoms with E-state index in [-0.39, 0.29) is 0 Å². The molecule has 218 valence electrons. The van der Waals surface area contributed by atoms with E-state index in [0.717, 1.165) is 52.8 Å². The third kappa shape index (κ3) is 9.33. The largest absolute Gasteiger partial charge is 0.0654 e. The summed E-state index contributed by atoms with van der Waals surface area (Å²) >= 11 is 0. The fourth-order valence-electron chi connectivity index (χ4n) is 9.42. The zero-order valence-corrected chi connectivity index (χ0v) is 27.7. The molecule has 0 heteroatoms. The van der Waals surface area contributed by atoms with Crippen molar-refractivity contribution in [2.24, 2.45) is 52.8 Å². The lowest BCUT2D eigenvalue weighted by Gasteiger charge is -2.52. The molecule has 4 unspecified atom stereocenters. The third-order valence-corrected chi connectivity index (χ3v) is 11.2. The Bertz CT molecular complexity index is 403. The smallest absolute Gasteiger partial charge is 0.0238 e. The molecule has 0 aromatic heterocycles. The second kappa shape index (κ2) is 20.0. The second-order valence-corrected chi connectivity index (χ2v) is 12.6. The van der Waals surface area contributed by atoms with Gasteiger partial charge in [0, 0.05) is 0 Å². The van der Waals surface area contributed by atoms with Gasteiger partial charge in [0.2, 0.25) is 0 Å². The number of rotatable bonds is 16. The Labute approximate surface area is 232 Å². The molecule has 2 fully saturated rings. The van der Waals surface area contributed by atoms with Gasteiger partial charge in [0.25, 0.3) is 0 Å². The number of hydrogen-bond acceptors (Lipinski definition) is 0. The third-order valence-electron chi connectivity index (χ3n) is 11.2. The van der Waals surface area contributed by atoms with E-state index >= 15 is 0 Å². The SMILES string of the molecule is CCC1C(CC)C(CC)C1CC.CCCC(CC)C(CC)CCC.CCCC1(CC)C(CC)C1CC. The van der Waals surface area contributed by atoms with E-state index in [2.05, 4.69) is 83.1 Å². The molecule has 2 rings (SSSR count). The van der Waals surface area contributed by atoms with Crippen LogP contribution in [0, 0.1) is 52.8 Å². The molecule has 4 atom stereocenters. The van der Waals surface area contributed by atoms with Crippen molar-refractivity contribution in [3.63, 3.8) is 0 Å². The van der Waals surface area contributed by atoms with E-state index in [1.165, 1.54) is 96.3 Å². The lowest BCUT2D eigenvalue weighted by molar-refractivity contribution is -0.0323. The predicted molar refractivity (Wildman–Crippen MR) is 168 cm³/mol. The van der Waals surface area contributed by atoms with Crippen molar-refractivity contribution in [2.45, 2.75) is 179 Å². The predicted octanol–water partition coefficient (Wildman–Crippen LogP) is 13.0. The van der Waals surface area contributed by atoms with Gasteiger partial charge in [0.15, 0.2) is 0 Å². The van der Waals surface area contributed by atoms with Crippen molar-refractivity contribution in [1.29, 1.82) is 0 Å². The molecule has 0 N–H and O–H groups in total. The molecular weight excluding hydrogens is 432 g/mol. The van der Waals surface area contributed by atoms with Gasteiger partial charge in [-0.3, -0.25) is 0 Å².